The second-order valence-electron chi connectivity index (χ2n) is 21.4. The summed E-state index contributed by atoms with van der Waals surface area (Å²) in [6.45, 7) is 12.5. The first kappa shape index (κ1) is 49.3. The molecule has 4 aliphatic rings. The molecule has 1 unspecified atom stereocenters. The molecule has 4 heterocycles. The number of nitro benzene ring substituents is 1. The second kappa shape index (κ2) is 20.3. The molecule has 1 spiro atoms. The fourth-order valence-electron chi connectivity index (χ4n) is 11.8. The number of piperazine rings is 1. The Morgan fingerprint density at radius 1 is 0.931 bits per heavy atom. The minimum atomic E-state index is -4.58. The van der Waals surface area contributed by atoms with Crippen molar-refractivity contribution in [2.45, 2.75) is 107 Å². The third-order valence-electron chi connectivity index (χ3n) is 16.0. The summed E-state index contributed by atoms with van der Waals surface area (Å²) in [6, 6.07) is 33.1. The molecule has 4 N–H and O–H groups in total. The van der Waals surface area contributed by atoms with Crippen molar-refractivity contribution in [2.75, 3.05) is 49.5 Å². The van der Waals surface area contributed by atoms with Crippen LogP contribution in [0.15, 0.2) is 120 Å². The molecule has 2 aliphatic heterocycles. The standard InChI is InChI=1S/C56H66N8O7S/c1-38(2)46-11-7-8-12-47(46)51-37-61(36-40-9-5-4-6-10-40)27-28-63(51)43-32-56(33-43)22-25-62(26-23-56)42-13-15-48(52(30-42)71-44-29-41-19-24-57-53(41)59-35-44)54(65)60-72(69,70)45-14-16-49(50(31-45)64(67)68)58-34-39-17-20-55(3,66)21-18-39/h4-16,19,24,29-31,35,38-39,43,51,58,66H,17-18,20-23,25-28,32-34,36-37H2,1-3H3,(H,57,59)(H,60,65)/t39-,51?,55-. The number of nitrogens with zero attached hydrogens (tertiary/aromatic N) is 5. The number of rotatable bonds is 15. The van der Waals surface area contributed by atoms with Crippen molar-refractivity contribution in [3.05, 3.63) is 148 Å². The Labute approximate surface area is 422 Å². The van der Waals surface area contributed by atoms with Crippen molar-refractivity contribution >= 4 is 44.0 Å². The minimum Gasteiger partial charge on any atom is -0.455 e. The van der Waals surface area contributed by atoms with E-state index in [9.17, 15) is 28.4 Å². The molecule has 2 aromatic heterocycles. The number of fused-ring (bicyclic) bond motifs is 1. The van der Waals surface area contributed by atoms with E-state index in [0.29, 0.717) is 48.8 Å². The van der Waals surface area contributed by atoms with Crippen LogP contribution in [0.25, 0.3) is 11.0 Å². The number of hydrogen-bond acceptors (Lipinski definition) is 12. The summed E-state index contributed by atoms with van der Waals surface area (Å²) in [5, 5.41) is 26.5. The lowest BCUT2D eigenvalue weighted by Gasteiger charge is -2.58. The van der Waals surface area contributed by atoms with Gasteiger partial charge in [0, 0.05) is 87.3 Å². The molecule has 15 nitrogen and oxygen atoms in total. The maximum atomic E-state index is 14.1. The van der Waals surface area contributed by atoms with Crippen LogP contribution < -0.4 is 19.7 Å². The zero-order valence-electron chi connectivity index (χ0n) is 41.4. The summed E-state index contributed by atoms with van der Waals surface area (Å²) in [4.78, 5) is 40.5. The number of pyridine rings is 1. The number of benzene rings is 4. The van der Waals surface area contributed by atoms with Gasteiger partial charge in [0.1, 0.15) is 22.8 Å². The lowest BCUT2D eigenvalue weighted by molar-refractivity contribution is -0.384. The summed E-state index contributed by atoms with van der Waals surface area (Å²) >= 11 is 0. The highest BCUT2D eigenvalue weighted by Gasteiger charge is 2.50. The van der Waals surface area contributed by atoms with Gasteiger partial charge in [-0.25, -0.2) is 18.1 Å². The number of amides is 1. The number of carbonyl (C=O) groups is 1. The molecule has 4 fully saturated rings. The Bertz CT molecular complexity index is 3030. The molecule has 72 heavy (non-hydrogen) atoms. The van der Waals surface area contributed by atoms with Gasteiger partial charge < -0.3 is 25.0 Å². The number of ether oxygens (including phenoxy) is 1. The molecule has 378 valence electrons. The highest BCUT2D eigenvalue weighted by atomic mass is 32.2. The van der Waals surface area contributed by atoms with Gasteiger partial charge in [-0.05, 0) is 129 Å². The quantitative estimate of drug-likeness (QED) is 0.0564. The SMILES string of the molecule is CC(C)c1ccccc1C1CN(Cc2ccccc2)CCN1C1CC2(CCN(c3ccc(C(=O)NS(=O)(=O)c4ccc(NC[C@H]5CC[C@](C)(O)CC5)c([N+](=O)[O-])c4)c(Oc4cnc5[nH]ccc5c4)c3)CC2)C1. The van der Waals surface area contributed by atoms with Gasteiger partial charge in [-0.1, -0.05) is 68.4 Å². The molecule has 10 rings (SSSR count). The van der Waals surface area contributed by atoms with Gasteiger partial charge in [-0.3, -0.25) is 24.7 Å². The van der Waals surface area contributed by atoms with Gasteiger partial charge in [0.2, 0.25) is 0 Å². The van der Waals surface area contributed by atoms with Gasteiger partial charge in [0.15, 0.2) is 0 Å². The van der Waals surface area contributed by atoms with E-state index >= 15 is 0 Å². The summed E-state index contributed by atoms with van der Waals surface area (Å²) in [7, 11) is -4.58. The monoisotopic (exact) mass is 994 g/mol. The largest absolute Gasteiger partial charge is 0.455 e. The molecular formula is C56H66N8O7S. The fraction of sp³-hybridized carbons (Fsp3) is 0.429. The van der Waals surface area contributed by atoms with E-state index in [0.717, 1.165) is 94.9 Å². The number of carbonyl (C=O) groups excluding carboxylic acids is 1. The number of hydrogen-bond donors (Lipinski definition) is 4. The zero-order valence-corrected chi connectivity index (χ0v) is 42.2. The zero-order chi connectivity index (χ0) is 50.2. The van der Waals surface area contributed by atoms with Crippen molar-refractivity contribution in [2.24, 2.45) is 11.3 Å². The number of aliphatic hydroxyl groups is 1. The van der Waals surface area contributed by atoms with Crippen LogP contribution in [0.4, 0.5) is 17.1 Å². The highest BCUT2D eigenvalue weighted by molar-refractivity contribution is 7.90. The molecule has 2 aliphatic carbocycles. The van der Waals surface area contributed by atoms with E-state index in [2.05, 4.69) is 103 Å². The number of piperidine rings is 1. The van der Waals surface area contributed by atoms with E-state index in [1.165, 1.54) is 28.8 Å². The Morgan fingerprint density at radius 3 is 2.43 bits per heavy atom. The van der Waals surface area contributed by atoms with Crippen molar-refractivity contribution in [1.82, 2.24) is 24.5 Å². The summed E-state index contributed by atoms with van der Waals surface area (Å²) in [5.74, 6) is 0.200. The lowest BCUT2D eigenvalue weighted by atomic mass is 9.59. The average Bonchev–Trinajstić information content (AvgIpc) is 3.84. The van der Waals surface area contributed by atoms with Gasteiger partial charge in [0.25, 0.3) is 21.6 Å². The van der Waals surface area contributed by atoms with Crippen molar-refractivity contribution in [1.29, 1.82) is 0 Å². The van der Waals surface area contributed by atoms with Crippen LogP contribution in [0.2, 0.25) is 0 Å². The first-order chi connectivity index (χ1) is 34.6. The molecule has 6 aromatic rings. The highest BCUT2D eigenvalue weighted by Crippen LogP contribution is 2.53. The Hall–Kier alpha value is -6.33. The van der Waals surface area contributed by atoms with Gasteiger partial charge in [-0.2, -0.15) is 0 Å². The summed E-state index contributed by atoms with van der Waals surface area (Å²) < 4.78 is 36.2. The minimum absolute atomic E-state index is 0.0245. The van der Waals surface area contributed by atoms with Crippen LogP contribution in [0, 0.1) is 21.4 Å². The normalized spacial score (nSPS) is 21.9. The van der Waals surface area contributed by atoms with E-state index in [1.54, 1.807) is 30.6 Å². The van der Waals surface area contributed by atoms with Gasteiger partial charge in [-0.15, -0.1) is 0 Å². The maximum absolute atomic E-state index is 14.1. The first-order valence-electron chi connectivity index (χ1n) is 25.5. The van der Waals surface area contributed by atoms with Crippen LogP contribution in [-0.2, 0) is 16.6 Å². The molecule has 1 amide bonds. The third-order valence-corrected chi connectivity index (χ3v) is 17.3. The smallest absolute Gasteiger partial charge is 0.293 e. The summed E-state index contributed by atoms with van der Waals surface area (Å²) in [5.41, 5.74) is 5.00. The number of H-pyrrole nitrogens is 1. The van der Waals surface area contributed by atoms with Crippen molar-refractivity contribution in [3.8, 4) is 11.5 Å². The maximum Gasteiger partial charge on any atom is 0.293 e. The van der Waals surface area contributed by atoms with Gasteiger partial charge in [0.05, 0.1) is 27.2 Å². The molecule has 16 heteroatoms. The van der Waals surface area contributed by atoms with Crippen molar-refractivity contribution in [3.63, 3.8) is 0 Å². The van der Waals surface area contributed by atoms with E-state index in [-0.39, 0.29) is 28.3 Å². The van der Waals surface area contributed by atoms with Crippen LogP contribution >= 0.6 is 0 Å². The Balaban J connectivity index is 0.833. The number of anilines is 2. The average molecular weight is 995 g/mol. The number of nitro groups is 1. The predicted molar refractivity (Wildman–Crippen MR) is 280 cm³/mol. The second-order valence-corrected chi connectivity index (χ2v) is 23.1. The van der Waals surface area contributed by atoms with E-state index in [4.69, 9.17) is 4.74 Å². The van der Waals surface area contributed by atoms with Gasteiger partial charge >= 0.3 is 0 Å². The Morgan fingerprint density at radius 2 is 1.68 bits per heavy atom. The number of aromatic nitrogens is 2. The number of aromatic amines is 1. The lowest BCUT2D eigenvalue weighted by Crippen LogP contribution is -2.60. The number of nitrogens with one attached hydrogen (secondary N) is 3. The van der Waals surface area contributed by atoms with Crippen LogP contribution in [0.3, 0.4) is 0 Å². The first-order valence-corrected chi connectivity index (χ1v) is 27.0. The fourth-order valence-corrected chi connectivity index (χ4v) is 12.8. The molecule has 2 saturated heterocycles. The topological polar surface area (TPSA) is 186 Å². The van der Waals surface area contributed by atoms with Crippen LogP contribution in [-0.4, -0.2) is 95.0 Å². The third kappa shape index (κ3) is 10.7. The van der Waals surface area contributed by atoms with Crippen LogP contribution in [0.1, 0.15) is 111 Å². The van der Waals surface area contributed by atoms with Crippen molar-refractivity contribution < 1.29 is 28.0 Å². The molecule has 2 saturated carbocycles. The van der Waals surface area contributed by atoms with E-state index < -0.39 is 37.0 Å². The van der Waals surface area contributed by atoms with E-state index in [1.807, 2.05) is 19.1 Å². The summed E-state index contributed by atoms with van der Waals surface area (Å²) in [6.07, 6.45) is 10.5. The Kier molecular flexibility index (Phi) is 13.9. The molecule has 0 radical (unpaired) electrons. The number of sulfonamides is 1. The van der Waals surface area contributed by atoms with Crippen LogP contribution in [0.5, 0.6) is 11.5 Å². The predicted octanol–water partition coefficient (Wildman–Crippen LogP) is 10.2. The molecule has 0 bridgehead atoms. The molecule has 4 aromatic carbocycles. The molecular weight excluding hydrogens is 929 g/mol. The molecule has 1 atom stereocenters.